The van der Waals surface area contributed by atoms with Crippen LogP contribution in [0.2, 0.25) is 5.02 Å². The van der Waals surface area contributed by atoms with E-state index in [-0.39, 0.29) is 0 Å². The molecule has 18 heavy (non-hydrogen) atoms. The maximum Gasteiger partial charge on any atom is 0.207 e. The molecule has 0 amide bonds. The van der Waals surface area contributed by atoms with Gasteiger partial charge in [-0.05, 0) is 24.5 Å². The van der Waals surface area contributed by atoms with Gasteiger partial charge in [0.25, 0.3) is 0 Å². The lowest BCUT2D eigenvalue weighted by Crippen LogP contribution is -1.97. The summed E-state index contributed by atoms with van der Waals surface area (Å²) in [6.07, 6.45) is 3.78. The molecule has 0 saturated carbocycles. The molecule has 3 nitrogen and oxygen atoms in total. The zero-order chi connectivity index (χ0) is 12.5. The second-order valence-corrected chi connectivity index (χ2v) is 4.96. The van der Waals surface area contributed by atoms with E-state index in [4.69, 9.17) is 11.6 Å². The summed E-state index contributed by atoms with van der Waals surface area (Å²) < 4.78 is 1.88. The maximum atomic E-state index is 6.23. The Bertz CT molecular complexity index is 708. The van der Waals surface area contributed by atoms with E-state index in [0.29, 0.717) is 0 Å². The van der Waals surface area contributed by atoms with Crippen LogP contribution in [0.25, 0.3) is 16.8 Å². The van der Waals surface area contributed by atoms with E-state index >= 15 is 0 Å². The van der Waals surface area contributed by atoms with Crippen LogP contribution in [0.1, 0.15) is 0 Å². The van der Waals surface area contributed by atoms with Crippen LogP contribution in [0.4, 0.5) is 0 Å². The largest absolute Gasteiger partial charge is 0.229 e. The highest BCUT2D eigenvalue weighted by Gasteiger charge is 2.09. The minimum absolute atomic E-state index is 0.724. The zero-order valence-corrected chi connectivity index (χ0v) is 11.2. The average Bonchev–Trinajstić information content (AvgIpc) is 2.82. The first-order chi connectivity index (χ1) is 8.79. The van der Waals surface area contributed by atoms with Crippen molar-refractivity contribution in [3.8, 4) is 11.3 Å². The molecule has 90 valence electrons. The van der Waals surface area contributed by atoms with Gasteiger partial charge < -0.3 is 0 Å². The van der Waals surface area contributed by atoms with Crippen LogP contribution in [0.15, 0.2) is 47.8 Å². The fraction of sp³-hybridized carbons (Fsp3) is 0.0769. The Morgan fingerprint density at radius 2 is 2.00 bits per heavy atom. The summed E-state index contributed by atoms with van der Waals surface area (Å²) in [6.45, 7) is 0. The molecular weight excluding hydrogens is 266 g/mol. The Hall–Kier alpha value is -1.52. The minimum Gasteiger partial charge on any atom is -0.229 e. The quantitative estimate of drug-likeness (QED) is 0.667. The summed E-state index contributed by atoms with van der Waals surface area (Å²) in [7, 11) is 0. The third-order valence-corrected chi connectivity index (χ3v) is 3.59. The van der Waals surface area contributed by atoms with Gasteiger partial charge in [-0.25, -0.2) is 9.50 Å². The van der Waals surface area contributed by atoms with E-state index in [1.54, 1.807) is 0 Å². The molecule has 0 aliphatic heterocycles. The molecule has 0 N–H and O–H groups in total. The summed E-state index contributed by atoms with van der Waals surface area (Å²) in [5, 5.41) is 5.95. The fourth-order valence-corrected chi connectivity index (χ4v) is 2.41. The molecule has 0 unspecified atom stereocenters. The third kappa shape index (κ3) is 1.87. The SMILES string of the molecule is CSc1ncc2ccc(-c3ccccc3Cl)n2n1. The number of halogens is 1. The summed E-state index contributed by atoms with van der Waals surface area (Å²) in [4.78, 5) is 4.25. The lowest BCUT2D eigenvalue weighted by molar-refractivity contribution is 0.804. The normalized spacial score (nSPS) is 11.0. The standard InChI is InChI=1S/C13H10ClN3S/c1-18-13-15-8-9-6-7-12(17(9)16-13)10-4-2-3-5-11(10)14/h2-8H,1H3. The van der Waals surface area contributed by atoms with Crippen LogP contribution >= 0.6 is 23.4 Å². The van der Waals surface area contributed by atoms with E-state index in [2.05, 4.69) is 10.1 Å². The van der Waals surface area contributed by atoms with Gasteiger partial charge in [0.15, 0.2) is 0 Å². The lowest BCUT2D eigenvalue weighted by atomic mass is 10.1. The number of benzene rings is 1. The maximum absolute atomic E-state index is 6.23. The van der Waals surface area contributed by atoms with Gasteiger partial charge in [-0.2, -0.15) is 0 Å². The molecular formula is C13H10ClN3S. The van der Waals surface area contributed by atoms with Gasteiger partial charge in [0.05, 0.1) is 17.4 Å². The molecule has 0 fully saturated rings. The van der Waals surface area contributed by atoms with Gasteiger partial charge in [0.2, 0.25) is 5.16 Å². The van der Waals surface area contributed by atoms with Gasteiger partial charge in [0, 0.05) is 10.6 Å². The van der Waals surface area contributed by atoms with Crippen LogP contribution in [-0.4, -0.2) is 20.9 Å². The van der Waals surface area contributed by atoms with Crippen molar-refractivity contribution in [1.29, 1.82) is 0 Å². The Balaban J connectivity index is 2.26. The molecule has 2 aromatic heterocycles. The molecule has 0 bridgehead atoms. The Morgan fingerprint density at radius 1 is 1.17 bits per heavy atom. The smallest absolute Gasteiger partial charge is 0.207 e. The van der Waals surface area contributed by atoms with Gasteiger partial charge in [0.1, 0.15) is 0 Å². The number of aromatic nitrogens is 3. The van der Waals surface area contributed by atoms with Crippen molar-refractivity contribution in [2.45, 2.75) is 5.16 Å². The van der Waals surface area contributed by atoms with Crippen molar-refractivity contribution in [2.24, 2.45) is 0 Å². The number of fused-ring (bicyclic) bond motifs is 1. The van der Waals surface area contributed by atoms with Crippen molar-refractivity contribution in [3.63, 3.8) is 0 Å². The highest BCUT2D eigenvalue weighted by molar-refractivity contribution is 7.98. The Morgan fingerprint density at radius 3 is 2.78 bits per heavy atom. The second-order valence-electron chi connectivity index (χ2n) is 3.78. The van der Waals surface area contributed by atoms with Crippen molar-refractivity contribution in [2.75, 3.05) is 6.26 Å². The molecule has 0 saturated heterocycles. The van der Waals surface area contributed by atoms with Gasteiger partial charge in [-0.3, -0.25) is 0 Å². The van der Waals surface area contributed by atoms with Crippen molar-refractivity contribution in [3.05, 3.63) is 47.6 Å². The number of hydrogen-bond donors (Lipinski definition) is 0. The molecule has 0 aliphatic rings. The van der Waals surface area contributed by atoms with E-state index in [9.17, 15) is 0 Å². The molecule has 0 atom stereocenters. The van der Waals surface area contributed by atoms with E-state index in [0.717, 1.165) is 27.0 Å². The van der Waals surface area contributed by atoms with Crippen LogP contribution in [0.5, 0.6) is 0 Å². The zero-order valence-electron chi connectivity index (χ0n) is 9.67. The molecule has 2 heterocycles. The first kappa shape index (κ1) is 11.6. The Kier molecular flexibility index (Phi) is 2.97. The average molecular weight is 276 g/mol. The monoisotopic (exact) mass is 275 g/mol. The first-order valence-electron chi connectivity index (χ1n) is 5.43. The number of rotatable bonds is 2. The minimum atomic E-state index is 0.724. The van der Waals surface area contributed by atoms with Crippen LogP contribution in [0.3, 0.4) is 0 Å². The molecule has 0 aliphatic carbocycles. The molecule has 0 radical (unpaired) electrons. The summed E-state index contributed by atoms with van der Waals surface area (Å²) >= 11 is 7.75. The summed E-state index contributed by atoms with van der Waals surface area (Å²) in [6, 6.07) is 11.8. The van der Waals surface area contributed by atoms with Crippen molar-refractivity contribution >= 4 is 28.9 Å². The second kappa shape index (κ2) is 4.63. The lowest BCUT2D eigenvalue weighted by Gasteiger charge is -2.05. The van der Waals surface area contributed by atoms with Gasteiger partial charge in [-0.15, -0.1) is 5.10 Å². The summed E-state index contributed by atoms with van der Waals surface area (Å²) in [5.41, 5.74) is 2.92. The van der Waals surface area contributed by atoms with Crippen LogP contribution in [0, 0.1) is 0 Å². The Labute approximate surface area is 114 Å². The summed E-state index contributed by atoms with van der Waals surface area (Å²) in [5.74, 6) is 0. The van der Waals surface area contributed by atoms with Crippen LogP contribution in [-0.2, 0) is 0 Å². The first-order valence-corrected chi connectivity index (χ1v) is 7.03. The van der Waals surface area contributed by atoms with Crippen molar-refractivity contribution < 1.29 is 0 Å². The number of hydrogen-bond acceptors (Lipinski definition) is 3. The molecule has 3 rings (SSSR count). The molecule has 0 spiro atoms. The third-order valence-electron chi connectivity index (χ3n) is 2.71. The van der Waals surface area contributed by atoms with Gasteiger partial charge >= 0.3 is 0 Å². The highest BCUT2D eigenvalue weighted by atomic mass is 35.5. The number of thioether (sulfide) groups is 1. The topological polar surface area (TPSA) is 30.2 Å². The van der Waals surface area contributed by atoms with Gasteiger partial charge in [-0.1, -0.05) is 41.6 Å². The van der Waals surface area contributed by atoms with Crippen molar-refractivity contribution in [1.82, 2.24) is 14.6 Å². The predicted molar refractivity (Wildman–Crippen MR) is 75.2 cm³/mol. The predicted octanol–water partition coefficient (Wildman–Crippen LogP) is 3.77. The van der Waals surface area contributed by atoms with E-state index in [1.807, 2.05) is 53.4 Å². The highest BCUT2D eigenvalue weighted by Crippen LogP contribution is 2.28. The number of nitrogens with zero attached hydrogens (tertiary/aromatic N) is 3. The van der Waals surface area contributed by atoms with E-state index in [1.165, 1.54) is 11.8 Å². The van der Waals surface area contributed by atoms with E-state index < -0.39 is 0 Å². The van der Waals surface area contributed by atoms with Crippen LogP contribution < -0.4 is 0 Å². The molecule has 5 heteroatoms. The fourth-order valence-electron chi connectivity index (χ4n) is 1.85. The molecule has 1 aromatic carbocycles. The molecule has 3 aromatic rings.